The molecule has 1 aromatic carbocycles. The van der Waals surface area contributed by atoms with Gasteiger partial charge in [0.2, 0.25) is 0 Å². The number of amides is 1. The van der Waals surface area contributed by atoms with Crippen LogP contribution in [0.4, 0.5) is 4.79 Å². The maximum absolute atomic E-state index is 11.1. The molecule has 0 spiro atoms. The molecule has 1 saturated carbocycles. The maximum atomic E-state index is 11.1. The minimum absolute atomic E-state index is 0.120. The molecule has 1 saturated heterocycles. The summed E-state index contributed by atoms with van der Waals surface area (Å²) in [6.07, 6.45) is 0.365. The third-order valence-electron chi connectivity index (χ3n) is 4.74. The van der Waals surface area contributed by atoms with E-state index in [2.05, 4.69) is 45.0 Å². The first-order chi connectivity index (χ1) is 8.83. The highest BCUT2D eigenvalue weighted by Gasteiger charge is 2.61. The summed E-state index contributed by atoms with van der Waals surface area (Å²) in [5.74, 6) is 0.532. The van der Waals surface area contributed by atoms with Gasteiger partial charge in [0.1, 0.15) is 0 Å². The molecule has 1 aromatic rings. The summed E-state index contributed by atoms with van der Waals surface area (Å²) in [5.41, 5.74) is 2.93. The van der Waals surface area contributed by atoms with Gasteiger partial charge in [-0.2, -0.15) is 0 Å². The minimum atomic E-state index is -0.780. The van der Waals surface area contributed by atoms with Crippen molar-refractivity contribution in [2.75, 3.05) is 13.1 Å². The van der Waals surface area contributed by atoms with E-state index in [4.69, 9.17) is 5.11 Å². The third kappa shape index (κ3) is 1.92. The number of hydrogen-bond acceptors (Lipinski definition) is 1. The van der Waals surface area contributed by atoms with Crippen LogP contribution in [-0.2, 0) is 10.8 Å². The Morgan fingerprint density at radius 3 is 2.42 bits per heavy atom. The summed E-state index contributed by atoms with van der Waals surface area (Å²) in [7, 11) is 0. The van der Waals surface area contributed by atoms with E-state index < -0.39 is 6.09 Å². The monoisotopic (exact) mass is 259 g/mol. The van der Waals surface area contributed by atoms with Gasteiger partial charge in [0.15, 0.2) is 0 Å². The summed E-state index contributed by atoms with van der Waals surface area (Å²) >= 11 is 0. The van der Waals surface area contributed by atoms with E-state index in [1.807, 2.05) is 0 Å². The van der Waals surface area contributed by atoms with Crippen LogP contribution in [-0.4, -0.2) is 29.2 Å². The van der Waals surface area contributed by atoms with Crippen LogP contribution in [0.5, 0.6) is 0 Å². The van der Waals surface area contributed by atoms with Crippen molar-refractivity contribution in [1.82, 2.24) is 4.90 Å². The zero-order valence-corrected chi connectivity index (χ0v) is 11.8. The predicted octanol–water partition coefficient (Wildman–Crippen LogP) is 3.24. The predicted molar refractivity (Wildman–Crippen MR) is 74.5 cm³/mol. The Morgan fingerprint density at radius 2 is 1.95 bits per heavy atom. The number of hydrogen-bond donors (Lipinski definition) is 1. The van der Waals surface area contributed by atoms with E-state index in [0.717, 1.165) is 6.42 Å². The molecule has 19 heavy (non-hydrogen) atoms. The zero-order chi connectivity index (χ0) is 13.8. The number of likely N-dealkylation sites (tertiary alicyclic amines) is 1. The van der Waals surface area contributed by atoms with E-state index >= 15 is 0 Å². The van der Waals surface area contributed by atoms with E-state index in [9.17, 15) is 4.79 Å². The molecule has 1 aliphatic heterocycles. The first-order valence-corrected chi connectivity index (χ1v) is 6.92. The SMILES string of the molecule is CC(C)(C)c1ccc(C23CC2CN(C(=O)O)C3)cc1. The molecule has 0 radical (unpaired) electrons. The van der Waals surface area contributed by atoms with Crippen molar-refractivity contribution in [3.05, 3.63) is 35.4 Å². The highest BCUT2D eigenvalue weighted by molar-refractivity contribution is 5.67. The zero-order valence-electron chi connectivity index (χ0n) is 11.8. The Balaban J connectivity index is 1.83. The fourth-order valence-electron chi connectivity index (χ4n) is 3.38. The average molecular weight is 259 g/mol. The Labute approximate surface area is 114 Å². The van der Waals surface area contributed by atoms with Crippen LogP contribution >= 0.6 is 0 Å². The Kier molecular flexibility index (Phi) is 2.47. The van der Waals surface area contributed by atoms with E-state index in [1.165, 1.54) is 11.1 Å². The molecular weight excluding hydrogens is 238 g/mol. The lowest BCUT2D eigenvalue weighted by molar-refractivity contribution is 0.150. The molecule has 3 rings (SSSR count). The van der Waals surface area contributed by atoms with Crippen LogP contribution in [0.1, 0.15) is 38.3 Å². The van der Waals surface area contributed by atoms with Crippen molar-refractivity contribution >= 4 is 6.09 Å². The van der Waals surface area contributed by atoms with Gasteiger partial charge in [0.25, 0.3) is 0 Å². The Bertz CT molecular complexity index is 515. The van der Waals surface area contributed by atoms with Gasteiger partial charge in [-0.25, -0.2) is 4.79 Å². The van der Waals surface area contributed by atoms with Crippen molar-refractivity contribution in [3.63, 3.8) is 0 Å². The summed E-state index contributed by atoms with van der Waals surface area (Å²) in [6.45, 7) is 8.00. The number of piperidine rings is 1. The van der Waals surface area contributed by atoms with Gasteiger partial charge < -0.3 is 10.0 Å². The topological polar surface area (TPSA) is 40.5 Å². The number of carbonyl (C=O) groups is 1. The second-order valence-corrected chi connectivity index (χ2v) is 7.05. The summed E-state index contributed by atoms with van der Waals surface area (Å²) in [6, 6.07) is 8.80. The van der Waals surface area contributed by atoms with E-state index in [0.29, 0.717) is 19.0 Å². The molecule has 2 atom stereocenters. The molecule has 1 heterocycles. The molecule has 1 amide bonds. The molecule has 0 aromatic heterocycles. The van der Waals surface area contributed by atoms with Crippen LogP contribution in [0.2, 0.25) is 0 Å². The van der Waals surface area contributed by atoms with E-state index in [1.54, 1.807) is 4.90 Å². The molecule has 3 heteroatoms. The van der Waals surface area contributed by atoms with Gasteiger partial charge >= 0.3 is 6.09 Å². The first kappa shape index (κ1) is 12.5. The highest BCUT2D eigenvalue weighted by Crippen LogP contribution is 2.59. The maximum Gasteiger partial charge on any atom is 0.407 e. The van der Waals surface area contributed by atoms with Gasteiger partial charge in [-0.15, -0.1) is 0 Å². The number of fused-ring (bicyclic) bond motifs is 1. The standard InChI is InChI=1S/C16H21NO2/c1-15(2,3)11-4-6-12(7-5-11)16-8-13(16)9-17(10-16)14(18)19/h4-7,13H,8-10H2,1-3H3,(H,18,19). The van der Waals surface area contributed by atoms with Crippen molar-refractivity contribution < 1.29 is 9.90 Å². The van der Waals surface area contributed by atoms with Gasteiger partial charge in [-0.05, 0) is 28.9 Å². The molecule has 2 aliphatic rings. The van der Waals surface area contributed by atoms with Crippen LogP contribution < -0.4 is 0 Å². The van der Waals surface area contributed by atoms with Crippen molar-refractivity contribution in [3.8, 4) is 0 Å². The molecular formula is C16H21NO2. The van der Waals surface area contributed by atoms with Gasteiger partial charge in [-0.1, -0.05) is 45.0 Å². The second kappa shape index (κ2) is 3.75. The van der Waals surface area contributed by atoms with Crippen LogP contribution in [0.3, 0.4) is 0 Å². The highest BCUT2D eigenvalue weighted by atomic mass is 16.4. The second-order valence-electron chi connectivity index (χ2n) is 7.05. The van der Waals surface area contributed by atoms with Crippen LogP contribution in [0.15, 0.2) is 24.3 Å². The molecule has 3 nitrogen and oxygen atoms in total. The Hall–Kier alpha value is -1.51. The van der Waals surface area contributed by atoms with Gasteiger partial charge in [-0.3, -0.25) is 0 Å². The smallest absolute Gasteiger partial charge is 0.407 e. The first-order valence-electron chi connectivity index (χ1n) is 6.92. The van der Waals surface area contributed by atoms with Crippen LogP contribution in [0, 0.1) is 5.92 Å². The lowest BCUT2D eigenvalue weighted by Crippen LogP contribution is -2.31. The summed E-state index contributed by atoms with van der Waals surface area (Å²) in [5, 5.41) is 9.09. The van der Waals surface area contributed by atoms with Crippen molar-refractivity contribution in [2.45, 2.75) is 38.0 Å². The molecule has 1 aliphatic carbocycles. The van der Waals surface area contributed by atoms with Crippen LogP contribution in [0.25, 0.3) is 0 Å². The lowest BCUT2D eigenvalue weighted by Gasteiger charge is -2.21. The lowest BCUT2D eigenvalue weighted by atomic mass is 9.85. The number of nitrogens with zero attached hydrogens (tertiary/aromatic N) is 1. The quantitative estimate of drug-likeness (QED) is 0.841. The van der Waals surface area contributed by atoms with Gasteiger partial charge in [0.05, 0.1) is 0 Å². The fourth-order valence-corrected chi connectivity index (χ4v) is 3.38. The largest absolute Gasteiger partial charge is 0.465 e. The normalized spacial score (nSPS) is 29.2. The number of rotatable bonds is 1. The van der Waals surface area contributed by atoms with Gasteiger partial charge in [0, 0.05) is 18.5 Å². The third-order valence-corrected chi connectivity index (χ3v) is 4.74. The average Bonchev–Trinajstić information content (AvgIpc) is 2.91. The molecule has 2 unspecified atom stereocenters. The molecule has 1 N–H and O–H groups in total. The molecule has 2 fully saturated rings. The van der Waals surface area contributed by atoms with Crippen molar-refractivity contribution in [2.24, 2.45) is 5.92 Å². The fraction of sp³-hybridized carbons (Fsp3) is 0.562. The minimum Gasteiger partial charge on any atom is -0.465 e. The number of carboxylic acid groups (broad SMARTS) is 1. The summed E-state index contributed by atoms with van der Waals surface area (Å²) < 4.78 is 0. The molecule has 102 valence electrons. The molecule has 0 bridgehead atoms. The Morgan fingerprint density at radius 1 is 1.32 bits per heavy atom. The summed E-state index contributed by atoms with van der Waals surface area (Å²) in [4.78, 5) is 12.6. The van der Waals surface area contributed by atoms with E-state index in [-0.39, 0.29) is 10.8 Å². The number of benzene rings is 1. The van der Waals surface area contributed by atoms with Crippen molar-refractivity contribution in [1.29, 1.82) is 0 Å².